The molecule has 0 aliphatic rings. The fraction of sp³-hybridized carbons (Fsp3) is 0.273. The molecule has 0 atom stereocenters. The molecule has 0 fully saturated rings. The van der Waals surface area contributed by atoms with Crippen molar-refractivity contribution < 1.29 is 41.0 Å². The molecule has 0 unspecified atom stereocenters. The summed E-state index contributed by atoms with van der Waals surface area (Å²) in [6, 6.07) is 2.90. The van der Waals surface area contributed by atoms with Crippen LogP contribution in [0.5, 0.6) is 11.5 Å². The Labute approximate surface area is 114 Å². The molecule has 0 radical (unpaired) electrons. The lowest BCUT2D eigenvalue weighted by Gasteiger charge is -2.17. The summed E-state index contributed by atoms with van der Waals surface area (Å²) in [4.78, 5) is 11.5. The molecule has 1 aromatic carbocycles. The van der Waals surface area contributed by atoms with E-state index >= 15 is 0 Å². The first-order valence-corrected chi connectivity index (χ1v) is 5.05. The van der Waals surface area contributed by atoms with Gasteiger partial charge in [0.05, 0.1) is 12.7 Å². The smallest absolute Gasteiger partial charge is 0.465 e. The molecule has 10 heteroatoms. The van der Waals surface area contributed by atoms with Crippen molar-refractivity contribution in [1.82, 2.24) is 0 Å². The monoisotopic (exact) mass is 311 g/mol. The number of rotatable bonds is 4. The largest absolute Gasteiger partial charge is 0.573 e. The number of alkyl halides is 5. The van der Waals surface area contributed by atoms with E-state index in [0.717, 1.165) is 13.2 Å². The highest BCUT2D eigenvalue weighted by Crippen LogP contribution is 2.38. The molecule has 0 N–H and O–H groups in total. The molecule has 0 bridgehead atoms. The second kappa shape index (κ2) is 6.25. The van der Waals surface area contributed by atoms with Gasteiger partial charge in [0.2, 0.25) is 0 Å². The van der Waals surface area contributed by atoms with Crippen molar-refractivity contribution in [2.45, 2.75) is 13.0 Å². The SMILES string of the molecule is COC(=O)c1c(C#N)ccc(OC(F)F)c1OC(F)(F)F. The number of ether oxygens (including phenoxy) is 3. The predicted octanol–water partition coefficient (Wildman–Crippen LogP) is 2.84. The fourth-order valence-corrected chi connectivity index (χ4v) is 1.37. The fourth-order valence-electron chi connectivity index (χ4n) is 1.37. The van der Waals surface area contributed by atoms with Crippen LogP contribution in [0.4, 0.5) is 22.0 Å². The van der Waals surface area contributed by atoms with Crippen LogP contribution in [-0.4, -0.2) is 26.1 Å². The van der Waals surface area contributed by atoms with Gasteiger partial charge in [0.25, 0.3) is 0 Å². The van der Waals surface area contributed by atoms with Gasteiger partial charge in [0.1, 0.15) is 11.6 Å². The first kappa shape index (κ1) is 16.5. The lowest BCUT2D eigenvalue weighted by Crippen LogP contribution is -2.21. The zero-order valence-corrected chi connectivity index (χ0v) is 10.2. The number of carbonyl (C=O) groups excluding carboxylic acids is 1. The Bertz CT molecular complexity index is 579. The van der Waals surface area contributed by atoms with Gasteiger partial charge in [0.15, 0.2) is 11.5 Å². The van der Waals surface area contributed by atoms with Crippen LogP contribution in [0.15, 0.2) is 12.1 Å². The first-order chi connectivity index (χ1) is 9.69. The van der Waals surface area contributed by atoms with Crippen molar-refractivity contribution in [2.24, 2.45) is 0 Å². The molecule has 0 aliphatic heterocycles. The number of nitriles is 1. The Morgan fingerprint density at radius 1 is 1.33 bits per heavy atom. The summed E-state index contributed by atoms with van der Waals surface area (Å²) in [5, 5.41) is 8.77. The van der Waals surface area contributed by atoms with E-state index in [9.17, 15) is 26.7 Å². The topological polar surface area (TPSA) is 68.6 Å². The summed E-state index contributed by atoms with van der Waals surface area (Å²) in [6.07, 6.45) is -5.29. The van der Waals surface area contributed by atoms with Crippen LogP contribution in [0.2, 0.25) is 0 Å². The molecule has 0 saturated carbocycles. The second-order valence-electron chi connectivity index (χ2n) is 3.35. The molecule has 0 heterocycles. The summed E-state index contributed by atoms with van der Waals surface area (Å²) < 4.78 is 73.0. The summed E-state index contributed by atoms with van der Waals surface area (Å²) in [7, 11) is 0.835. The maximum atomic E-state index is 12.3. The third-order valence-electron chi connectivity index (χ3n) is 2.07. The molecule has 0 saturated heterocycles. The van der Waals surface area contributed by atoms with E-state index in [0.29, 0.717) is 6.07 Å². The van der Waals surface area contributed by atoms with Crippen LogP contribution >= 0.6 is 0 Å². The van der Waals surface area contributed by atoms with Crippen molar-refractivity contribution in [3.63, 3.8) is 0 Å². The molecule has 5 nitrogen and oxygen atoms in total. The third-order valence-corrected chi connectivity index (χ3v) is 2.07. The van der Waals surface area contributed by atoms with Gasteiger partial charge >= 0.3 is 18.9 Å². The minimum Gasteiger partial charge on any atom is -0.465 e. The van der Waals surface area contributed by atoms with Gasteiger partial charge in [-0.2, -0.15) is 14.0 Å². The van der Waals surface area contributed by atoms with Gasteiger partial charge in [-0.05, 0) is 12.1 Å². The summed E-state index contributed by atoms with van der Waals surface area (Å²) in [5.41, 5.74) is -1.52. The van der Waals surface area contributed by atoms with E-state index in [2.05, 4.69) is 14.2 Å². The zero-order chi connectivity index (χ0) is 16.2. The number of halogens is 5. The van der Waals surface area contributed by atoms with E-state index in [1.165, 1.54) is 6.07 Å². The molecular formula is C11H6F5NO4. The first-order valence-electron chi connectivity index (χ1n) is 5.05. The molecule has 114 valence electrons. The van der Waals surface area contributed by atoms with Crippen molar-refractivity contribution in [3.05, 3.63) is 23.3 Å². The number of hydrogen-bond donors (Lipinski definition) is 0. The normalized spacial score (nSPS) is 11.0. The van der Waals surface area contributed by atoms with Gasteiger partial charge < -0.3 is 14.2 Å². The number of methoxy groups -OCH3 is 1. The molecule has 21 heavy (non-hydrogen) atoms. The van der Waals surface area contributed by atoms with Gasteiger partial charge in [-0.1, -0.05) is 0 Å². The minimum absolute atomic E-state index is 0.553. The zero-order valence-electron chi connectivity index (χ0n) is 10.2. The lowest BCUT2D eigenvalue weighted by atomic mass is 10.1. The summed E-state index contributed by atoms with van der Waals surface area (Å²) >= 11 is 0. The quantitative estimate of drug-likeness (QED) is 0.632. The molecule has 1 rings (SSSR count). The minimum atomic E-state index is -5.29. The Kier molecular flexibility index (Phi) is 4.91. The highest BCUT2D eigenvalue weighted by Gasteiger charge is 2.36. The lowest BCUT2D eigenvalue weighted by molar-refractivity contribution is -0.275. The molecular weight excluding hydrogens is 305 g/mol. The number of hydrogen-bond acceptors (Lipinski definition) is 5. The maximum Gasteiger partial charge on any atom is 0.573 e. The highest BCUT2D eigenvalue weighted by atomic mass is 19.4. The number of benzene rings is 1. The second-order valence-corrected chi connectivity index (χ2v) is 3.35. The van der Waals surface area contributed by atoms with E-state index in [1.54, 1.807) is 0 Å². The predicted molar refractivity (Wildman–Crippen MR) is 55.8 cm³/mol. The molecule has 0 aliphatic carbocycles. The molecule has 0 amide bonds. The molecule has 0 spiro atoms. The number of carbonyl (C=O) groups is 1. The van der Waals surface area contributed by atoms with Crippen LogP contribution in [0.3, 0.4) is 0 Å². The average molecular weight is 311 g/mol. The third kappa shape index (κ3) is 4.20. The van der Waals surface area contributed by atoms with Gasteiger partial charge in [-0.25, -0.2) is 4.79 Å². The Balaban J connectivity index is 3.54. The summed E-state index contributed by atoms with van der Waals surface area (Å²) in [6.45, 7) is -3.46. The van der Waals surface area contributed by atoms with Crippen molar-refractivity contribution in [2.75, 3.05) is 7.11 Å². The standard InChI is InChI=1S/C11H6F5NO4/c1-19-9(18)7-5(4-17)2-3-6(20-10(12)13)8(7)21-11(14,15)16/h2-3,10H,1H3. The van der Waals surface area contributed by atoms with E-state index in [4.69, 9.17) is 5.26 Å². The van der Waals surface area contributed by atoms with Crippen molar-refractivity contribution in [3.8, 4) is 17.6 Å². The number of esters is 1. The van der Waals surface area contributed by atoms with Crippen LogP contribution in [0.25, 0.3) is 0 Å². The van der Waals surface area contributed by atoms with E-state index in [-0.39, 0.29) is 0 Å². The van der Waals surface area contributed by atoms with Gasteiger partial charge in [-0.15, -0.1) is 13.2 Å². The van der Waals surface area contributed by atoms with Crippen molar-refractivity contribution >= 4 is 5.97 Å². The van der Waals surface area contributed by atoms with Crippen molar-refractivity contribution in [1.29, 1.82) is 5.26 Å². The Morgan fingerprint density at radius 3 is 2.38 bits per heavy atom. The summed E-state index contributed by atoms with van der Waals surface area (Å²) in [5.74, 6) is -3.79. The number of nitrogens with zero attached hydrogens (tertiary/aromatic N) is 1. The van der Waals surface area contributed by atoms with Crippen LogP contribution in [-0.2, 0) is 4.74 Å². The van der Waals surface area contributed by atoms with Gasteiger partial charge in [0, 0.05) is 0 Å². The maximum absolute atomic E-state index is 12.3. The van der Waals surface area contributed by atoms with Crippen LogP contribution in [0, 0.1) is 11.3 Å². The van der Waals surface area contributed by atoms with Crippen LogP contribution in [0.1, 0.15) is 15.9 Å². The Hall–Kier alpha value is -2.57. The van der Waals surface area contributed by atoms with Gasteiger partial charge in [-0.3, -0.25) is 0 Å². The van der Waals surface area contributed by atoms with Crippen LogP contribution < -0.4 is 9.47 Å². The Morgan fingerprint density at radius 2 is 1.95 bits per heavy atom. The highest BCUT2D eigenvalue weighted by molar-refractivity contribution is 5.96. The van der Waals surface area contributed by atoms with E-state index in [1.807, 2.05) is 0 Å². The molecule has 1 aromatic rings. The van der Waals surface area contributed by atoms with E-state index < -0.39 is 41.6 Å². The molecule has 0 aromatic heterocycles. The average Bonchev–Trinajstić information content (AvgIpc) is 2.37.